The first-order valence-electron chi connectivity index (χ1n) is 13.7. The van der Waals surface area contributed by atoms with Gasteiger partial charge in [0.15, 0.2) is 6.29 Å². The van der Waals surface area contributed by atoms with Gasteiger partial charge in [0.1, 0.15) is 24.4 Å². The SMILES string of the molecule is OC1OC(COCc2ccccc2)[C@H](OCc2ccccc2)C(OCc2ccccc2)C1OCc1ccccc1. The Morgan fingerprint density at radius 1 is 0.475 bits per heavy atom. The van der Waals surface area contributed by atoms with Crippen molar-refractivity contribution in [1.29, 1.82) is 0 Å². The molecule has 208 valence electrons. The molecule has 0 amide bonds. The van der Waals surface area contributed by atoms with Gasteiger partial charge in [-0.2, -0.15) is 0 Å². The minimum Gasteiger partial charge on any atom is -0.374 e. The molecule has 1 N–H and O–H groups in total. The first-order chi connectivity index (χ1) is 19.8. The summed E-state index contributed by atoms with van der Waals surface area (Å²) in [5.74, 6) is 0. The van der Waals surface area contributed by atoms with Crippen molar-refractivity contribution in [3.05, 3.63) is 144 Å². The van der Waals surface area contributed by atoms with Gasteiger partial charge in [-0.25, -0.2) is 0 Å². The summed E-state index contributed by atoms with van der Waals surface area (Å²) in [7, 11) is 0. The van der Waals surface area contributed by atoms with Crippen LogP contribution in [0.1, 0.15) is 22.3 Å². The van der Waals surface area contributed by atoms with Gasteiger partial charge in [0, 0.05) is 0 Å². The van der Waals surface area contributed by atoms with Crippen LogP contribution in [-0.4, -0.2) is 42.4 Å². The van der Waals surface area contributed by atoms with Crippen molar-refractivity contribution in [1.82, 2.24) is 0 Å². The Morgan fingerprint density at radius 2 is 0.850 bits per heavy atom. The van der Waals surface area contributed by atoms with Crippen molar-refractivity contribution in [2.24, 2.45) is 0 Å². The molecule has 6 nitrogen and oxygen atoms in total. The maximum absolute atomic E-state index is 11.2. The van der Waals surface area contributed by atoms with E-state index in [0.29, 0.717) is 26.4 Å². The molecule has 1 fully saturated rings. The normalized spacial score (nSPS) is 22.7. The van der Waals surface area contributed by atoms with Gasteiger partial charge in [-0.1, -0.05) is 121 Å². The van der Waals surface area contributed by atoms with Gasteiger partial charge < -0.3 is 28.8 Å². The van der Waals surface area contributed by atoms with Gasteiger partial charge in [-0.05, 0) is 22.3 Å². The van der Waals surface area contributed by atoms with E-state index < -0.39 is 30.7 Å². The zero-order chi connectivity index (χ0) is 27.4. The molecule has 4 unspecified atom stereocenters. The third-order valence-corrected chi connectivity index (χ3v) is 6.86. The van der Waals surface area contributed by atoms with E-state index in [2.05, 4.69) is 0 Å². The highest BCUT2D eigenvalue weighted by Gasteiger charge is 2.48. The molecule has 5 rings (SSSR count). The lowest BCUT2D eigenvalue weighted by molar-refractivity contribution is -0.317. The Bertz CT molecular complexity index is 1240. The van der Waals surface area contributed by atoms with Gasteiger partial charge in [0.05, 0.1) is 33.0 Å². The fraction of sp³-hybridized carbons (Fsp3) is 0.294. The lowest BCUT2D eigenvalue weighted by Crippen LogP contribution is -2.61. The number of rotatable bonds is 13. The standard InChI is InChI=1S/C34H36O6/c35-34-33(39-24-29-19-11-4-12-20-29)32(38-23-28-17-9-3-10-18-28)31(37-22-27-15-7-2-8-16-27)30(40-34)25-36-21-26-13-5-1-6-14-26/h1-20,30-35H,21-25H2/t30?,31-,32?,33?,34?/m0/s1. The van der Waals surface area contributed by atoms with Gasteiger partial charge in [-0.15, -0.1) is 0 Å². The Labute approximate surface area is 236 Å². The molecule has 1 heterocycles. The quantitative estimate of drug-likeness (QED) is 0.236. The van der Waals surface area contributed by atoms with Crippen LogP contribution in [0, 0.1) is 0 Å². The first kappa shape index (κ1) is 28.2. The number of hydrogen-bond donors (Lipinski definition) is 1. The van der Waals surface area contributed by atoms with Crippen LogP contribution in [0.2, 0.25) is 0 Å². The summed E-state index contributed by atoms with van der Waals surface area (Å²) in [5.41, 5.74) is 4.10. The van der Waals surface area contributed by atoms with Crippen molar-refractivity contribution in [3.8, 4) is 0 Å². The van der Waals surface area contributed by atoms with E-state index in [4.69, 9.17) is 23.7 Å². The monoisotopic (exact) mass is 540 g/mol. The van der Waals surface area contributed by atoms with Crippen LogP contribution in [0.4, 0.5) is 0 Å². The van der Waals surface area contributed by atoms with Crippen LogP contribution in [0.3, 0.4) is 0 Å². The van der Waals surface area contributed by atoms with E-state index in [-0.39, 0.29) is 6.61 Å². The molecule has 0 bridgehead atoms. The third kappa shape index (κ3) is 8.08. The number of benzene rings is 4. The van der Waals surface area contributed by atoms with Gasteiger partial charge in [-0.3, -0.25) is 0 Å². The van der Waals surface area contributed by atoms with Crippen LogP contribution < -0.4 is 0 Å². The van der Waals surface area contributed by atoms with Gasteiger partial charge in [0.25, 0.3) is 0 Å². The highest BCUT2D eigenvalue weighted by Crippen LogP contribution is 2.30. The highest BCUT2D eigenvalue weighted by atomic mass is 16.7. The summed E-state index contributed by atoms with van der Waals surface area (Å²) in [6.45, 7) is 1.65. The Balaban J connectivity index is 1.36. The average molecular weight is 541 g/mol. The minimum absolute atomic E-state index is 0.224. The van der Waals surface area contributed by atoms with E-state index in [1.54, 1.807) is 0 Å². The summed E-state index contributed by atoms with van der Waals surface area (Å²) in [4.78, 5) is 0. The molecule has 0 saturated carbocycles. The summed E-state index contributed by atoms with van der Waals surface area (Å²) < 4.78 is 31.4. The third-order valence-electron chi connectivity index (χ3n) is 6.86. The molecule has 0 spiro atoms. The predicted octanol–water partition coefficient (Wildman–Crippen LogP) is 5.68. The van der Waals surface area contributed by atoms with Gasteiger partial charge in [0.2, 0.25) is 0 Å². The van der Waals surface area contributed by atoms with E-state index in [1.807, 2.05) is 121 Å². The highest BCUT2D eigenvalue weighted by molar-refractivity contribution is 5.16. The fourth-order valence-corrected chi connectivity index (χ4v) is 4.77. The second-order valence-corrected chi connectivity index (χ2v) is 9.85. The molecule has 0 aliphatic carbocycles. The number of aliphatic hydroxyl groups is 1. The Hall–Kier alpha value is -3.36. The van der Waals surface area contributed by atoms with Gasteiger partial charge >= 0.3 is 0 Å². The van der Waals surface area contributed by atoms with E-state index >= 15 is 0 Å². The molecule has 0 aromatic heterocycles. The molecule has 0 radical (unpaired) electrons. The maximum atomic E-state index is 11.2. The van der Waals surface area contributed by atoms with Crippen molar-refractivity contribution in [2.75, 3.05) is 6.61 Å². The maximum Gasteiger partial charge on any atom is 0.184 e. The number of ether oxygens (including phenoxy) is 5. The molecular weight excluding hydrogens is 504 g/mol. The Kier molecular flexibility index (Phi) is 10.5. The van der Waals surface area contributed by atoms with E-state index in [1.165, 1.54) is 0 Å². The lowest BCUT2D eigenvalue weighted by atomic mass is 9.98. The molecule has 1 saturated heterocycles. The minimum atomic E-state index is -1.22. The molecule has 4 aromatic carbocycles. The molecule has 1 aliphatic heterocycles. The largest absolute Gasteiger partial charge is 0.374 e. The molecule has 1 aliphatic rings. The molecule has 5 atom stereocenters. The van der Waals surface area contributed by atoms with Crippen LogP contribution in [0.15, 0.2) is 121 Å². The topological polar surface area (TPSA) is 66.4 Å². The van der Waals surface area contributed by atoms with E-state index in [9.17, 15) is 5.11 Å². The second kappa shape index (κ2) is 14.9. The molecule has 40 heavy (non-hydrogen) atoms. The lowest BCUT2D eigenvalue weighted by Gasteiger charge is -2.44. The van der Waals surface area contributed by atoms with Crippen molar-refractivity contribution < 1.29 is 28.8 Å². The van der Waals surface area contributed by atoms with Crippen molar-refractivity contribution in [3.63, 3.8) is 0 Å². The van der Waals surface area contributed by atoms with E-state index in [0.717, 1.165) is 22.3 Å². The average Bonchev–Trinajstić information content (AvgIpc) is 3.01. The van der Waals surface area contributed by atoms with Crippen LogP contribution >= 0.6 is 0 Å². The predicted molar refractivity (Wildman–Crippen MR) is 152 cm³/mol. The first-order valence-corrected chi connectivity index (χ1v) is 13.7. The summed E-state index contributed by atoms with van der Waals surface area (Å²) in [5, 5.41) is 11.2. The number of hydrogen-bond acceptors (Lipinski definition) is 6. The molecule has 6 heteroatoms. The fourth-order valence-electron chi connectivity index (χ4n) is 4.77. The summed E-state index contributed by atoms with van der Waals surface area (Å²) in [6, 6.07) is 39.7. The summed E-state index contributed by atoms with van der Waals surface area (Å²) in [6.07, 6.45) is -3.72. The zero-order valence-corrected chi connectivity index (χ0v) is 22.5. The van der Waals surface area contributed by atoms with Crippen LogP contribution in [0.5, 0.6) is 0 Å². The molecule has 4 aromatic rings. The molecular formula is C34H36O6. The smallest absolute Gasteiger partial charge is 0.184 e. The van der Waals surface area contributed by atoms with Crippen LogP contribution in [-0.2, 0) is 50.1 Å². The van der Waals surface area contributed by atoms with Crippen LogP contribution in [0.25, 0.3) is 0 Å². The second-order valence-electron chi connectivity index (χ2n) is 9.85. The number of aliphatic hydroxyl groups excluding tert-OH is 1. The zero-order valence-electron chi connectivity index (χ0n) is 22.5. The Morgan fingerprint density at radius 3 is 1.30 bits per heavy atom. The van der Waals surface area contributed by atoms with Crippen molar-refractivity contribution in [2.45, 2.75) is 57.1 Å². The summed E-state index contributed by atoms with van der Waals surface area (Å²) >= 11 is 0. The van der Waals surface area contributed by atoms with Crippen molar-refractivity contribution >= 4 is 0 Å².